The first-order valence-electron chi connectivity index (χ1n) is 13.8. The number of unbranched alkanes of at least 4 members (excludes halogenated alkanes) is 4. The second kappa shape index (κ2) is 12.6. The van der Waals surface area contributed by atoms with Gasteiger partial charge in [-0.1, -0.05) is 30.9 Å². The smallest absolute Gasteiger partial charge is 0.255 e. The van der Waals surface area contributed by atoms with Crippen molar-refractivity contribution in [1.82, 2.24) is 19.5 Å². The van der Waals surface area contributed by atoms with E-state index in [1.807, 2.05) is 12.1 Å². The van der Waals surface area contributed by atoms with Crippen LogP contribution in [0.5, 0.6) is 0 Å². The molecule has 0 amide bonds. The summed E-state index contributed by atoms with van der Waals surface area (Å²) >= 11 is 6.24. The predicted molar refractivity (Wildman–Crippen MR) is 156 cm³/mol. The number of nitrogens with one attached hydrogen (secondary N) is 2. The number of hydrogen-bond donors (Lipinski definition) is 2. The van der Waals surface area contributed by atoms with Crippen molar-refractivity contribution in [1.29, 1.82) is 0 Å². The highest BCUT2D eigenvalue weighted by molar-refractivity contribution is 6.31. The van der Waals surface area contributed by atoms with Crippen LogP contribution in [-0.4, -0.2) is 32.6 Å². The summed E-state index contributed by atoms with van der Waals surface area (Å²) in [6.45, 7) is 1.62. The Labute approximate surface area is 232 Å². The molecule has 7 nitrogen and oxygen atoms in total. The van der Waals surface area contributed by atoms with Gasteiger partial charge < -0.3 is 10.6 Å². The maximum Gasteiger partial charge on any atom is 0.255 e. The molecule has 4 aromatic rings. The van der Waals surface area contributed by atoms with E-state index in [2.05, 4.69) is 26.7 Å². The minimum atomic E-state index is -0.500. The van der Waals surface area contributed by atoms with Crippen LogP contribution >= 0.6 is 11.6 Å². The first-order chi connectivity index (χ1) is 19.0. The summed E-state index contributed by atoms with van der Waals surface area (Å²) < 4.78 is 15.6. The fourth-order valence-electron chi connectivity index (χ4n) is 5.21. The molecule has 0 fully saturated rings. The second-order valence-corrected chi connectivity index (χ2v) is 10.6. The molecule has 39 heavy (non-hydrogen) atoms. The standard InChI is InChI=1S/C30H34ClFN6O/c1-38-28(39)18-27(21-13-16-33-19-24(21)32)37-30(38)35-15-8-4-2-3-7-14-34-29-22-9-5-6-10-25(22)36-26-17-20(31)11-12-23(26)29/h11-13,16-19H,2-10,14-15H2,1H3,(H,34,36)(H,35,37). The lowest BCUT2D eigenvalue weighted by Crippen LogP contribution is -2.22. The van der Waals surface area contributed by atoms with Crippen molar-refractivity contribution in [3.05, 3.63) is 75.2 Å². The maximum atomic E-state index is 14.1. The van der Waals surface area contributed by atoms with Crippen LogP contribution in [0, 0.1) is 5.82 Å². The van der Waals surface area contributed by atoms with Gasteiger partial charge in [0.05, 0.1) is 17.4 Å². The Morgan fingerprint density at radius 1 is 0.974 bits per heavy atom. The number of aromatic nitrogens is 4. The molecule has 0 atom stereocenters. The topological polar surface area (TPSA) is 84.7 Å². The van der Waals surface area contributed by atoms with E-state index in [4.69, 9.17) is 16.6 Å². The van der Waals surface area contributed by atoms with Crippen LogP contribution in [0.1, 0.15) is 56.2 Å². The van der Waals surface area contributed by atoms with E-state index in [1.54, 1.807) is 7.05 Å². The van der Waals surface area contributed by atoms with Gasteiger partial charge in [0, 0.05) is 59.8 Å². The number of pyridine rings is 2. The quantitative estimate of drug-likeness (QED) is 0.207. The van der Waals surface area contributed by atoms with Crippen molar-refractivity contribution in [3.8, 4) is 11.3 Å². The number of rotatable bonds is 11. The summed E-state index contributed by atoms with van der Waals surface area (Å²) in [7, 11) is 1.66. The SMILES string of the molecule is Cn1c(NCCCCCCCNc2c3c(nc4cc(Cl)ccc24)CCCC3)nc(-c2ccncc2F)cc1=O. The van der Waals surface area contributed by atoms with Crippen molar-refractivity contribution >= 4 is 34.1 Å². The molecule has 0 aliphatic heterocycles. The van der Waals surface area contributed by atoms with Crippen LogP contribution in [0.2, 0.25) is 5.02 Å². The molecule has 2 N–H and O–H groups in total. The molecule has 1 aliphatic carbocycles. The number of benzene rings is 1. The van der Waals surface area contributed by atoms with Crippen LogP contribution in [-0.2, 0) is 19.9 Å². The van der Waals surface area contributed by atoms with Gasteiger partial charge in [-0.05, 0) is 68.4 Å². The lowest BCUT2D eigenvalue weighted by atomic mass is 9.92. The summed E-state index contributed by atoms with van der Waals surface area (Å²) in [4.78, 5) is 25.5. The molecule has 0 saturated carbocycles. The van der Waals surface area contributed by atoms with Gasteiger partial charge in [0.15, 0.2) is 5.82 Å². The number of halogens is 2. The highest BCUT2D eigenvalue weighted by Crippen LogP contribution is 2.34. The molecule has 204 valence electrons. The van der Waals surface area contributed by atoms with Gasteiger partial charge in [-0.3, -0.25) is 19.3 Å². The first kappa shape index (κ1) is 27.1. The largest absolute Gasteiger partial charge is 0.384 e. The first-order valence-corrected chi connectivity index (χ1v) is 14.2. The Bertz CT molecular complexity index is 1520. The Morgan fingerprint density at radius 2 is 1.74 bits per heavy atom. The second-order valence-electron chi connectivity index (χ2n) is 10.1. The summed E-state index contributed by atoms with van der Waals surface area (Å²) in [5.41, 5.74) is 5.14. The van der Waals surface area contributed by atoms with Gasteiger partial charge in [-0.15, -0.1) is 0 Å². The van der Waals surface area contributed by atoms with E-state index >= 15 is 0 Å². The van der Waals surface area contributed by atoms with Gasteiger partial charge in [-0.2, -0.15) is 0 Å². The Hall–Kier alpha value is -3.52. The van der Waals surface area contributed by atoms with Crippen molar-refractivity contribution in [2.75, 3.05) is 23.7 Å². The minimum absolute atomic E-state index is 0.238. The highest BCUT2D eigenvalue weighted by Gasteiger charge is 2.18. The molecule has 9 heteroatoms. The van der Waals surface area contributed by atoms with Gasteiger partial charge in [-0.25, -0.2) is 9.37 Å². The zero-order valence-corrected chi connectivity index (χ0v) is 23.0. The fraction of sp³-hybridized carbons (Fsp3) is 0.400. The van der Waals surface area contributed by atoms with Crippen LogP contribution in [0.25, 0.3) is 22.2 Å². The maximum absolute atomic E-state index is 14.1. The fourth-order valence-corrected chi connectivity index (χ4v) is 5.38. The third-order valence-electron chi connectivity index (χ3n) is 7.35. The predicted octanol–water partition coefficient (Wildman–Crippen LogP) is 6.54. The van der Waals surface area contributed by atoms with Crippen LogP contribution in [0.15, 0.2) is 47.5 Å². The van der Waals surface area contributed by atoms with E-state index in [9.17, 15) is 9.18 Å². The van der Waals surface area contributed by atoms with Gasteiger partial charge in [0.25, 0.3) is 5.56 Å². The zero-order chi connectivity index (χ0) is 27.2. The van der Waals surface area contributed by atoms with Gasteiger partial charge >= 0.3 is 0 Å². The van der Waals surface area contributed by atoms with Crippen molar-refractivity contribution in [3.63, 3.8) is 0 Å². The molecule has 0 spiro atoms. The van der Waals surface area contributed by atoms with E-state index in [1.165, 1.54) is 52.7 Å². The normalized spacial score (nSPS) is 12.9. The molecule has 0 unspecified atom stereocenters. The van der Waals surface area contributed by atoms with Gasteiger partial charge in [0.2, 0.25) is 5.95 Å². The molecule has 1 aromatic carbocycles. The summed E-state index contributed by atoms with van der Waals surface area (Å²) in [6.07, 6.45) is 12.5. The van der Waals surface area contributed by atoms with E-state index in [0.717, 1.165) is 73.6 Å². The highest BCUT2D eigenvalue weighted by atomic mass is 35.5. The molecule has 5 rings (SSSR count). The molecule has 3 aromatic heterocycles. The van der Waals surface area contributed by atoms with Gasteiger partial charge in [0.1, 0.15) is 0 Å². The van der Waals surface area contributed by atoms with Crippen LogP contribution in [0.4, 0.5) is 16.0 Å². The van der Waals surface area contributed by atoms with Crippen molar-refractivity contribution < 1.29 is 4.39 Å². The van der Waals surface area contributed by atoms with Crippen molar-refractivity contribution in [2.24, 2.45) is 7.05 Å². The molecular formula is C30H34ClFN6O. The molecule has 0 bridgehead atoms. The lowest BCUT2D eigenvalue weighted by molar-refractivity contribution is 0.623. The van der Waals surface area contributed by atoms with E-state index in [-0.39, 0.29) is 11.1 Å². The number of hydrogen-bond acceptors (Lipinski definition) is 6. The lowest BCUT2D eigenvalue weighted by Gasteiger charge is -2.22. The zero-order valence-electron chi connectivity index (χ0n) is 22.3. The third-order valence-corrected chi connectivity index (χ3v) is 7.58. The monoisotopic (exact) mass is 548 g/mol. The number of aryl methyl sites for hydroxylation is 1. The summed E-state index contributed by atoms with van der Waals surface area (Å²) in [5, 5.41) is 8.85. The average molecular weight is 549 g/mol. The summed E-state index contributed by atoms with van der Waals surface area (Å²) in [5.74, 6) is -0.0628. The Kier molecular flexibility index (Phi) is 8.71. The minimum Gasteiger partial charge on any atom is -0.384 e. The van der Waals surface area contributed by atoms with Crippen molar-refractivity contribution in [2.45, 2.75) is 57.8 Å². The number of nitrogens with zero attached hydrogens (tertiary/aromatic N) is 4. The number of anilines is 2. The summed E-state index contributed by atoms with van der Waals surface area (Å²) in [6, 6.07) is 8.87. The van der Waals surface area contributed by atoms with E-state index < -0.39 is 5.82 Å². The van der Waals surface area contributed by atoms with Crippen LogP contribution in [0.3, 0.4) is 0 Å². The Balaban J connectivity index is 1.08. The van der Waals surface area contributed by atoms with E-state index in [0.29, 0.717) is 18.2 Å². The molecule has 0 saturated heterocycles. The Morgan fingerprint density at radius 3 is 2.56 bits per heavy atom. The molecule has 0 radical (unpaired) electrons. The number of fused-ring (bicyclic) bond motifs is 2. The molecular weight excluding hydrogens is 515 g/mol. The molecule has 1 aliphatic rings. The molecule has 3 heterocycles. The van der Waals surface area contributed by atoms with Crippen LogP contribution < -0.4 is 16.2 Å². The third kappa shape index (κ3) is 6.38. The average Bonchev–Trinajstić information content (AvgIpc) is 2.93.